The Balaban J connectivity index is 1.48. The molecular formula is C24H27F8N5O2. The fourth-order valence-electron chi connectivity index (χ4n) is 4.78. The second kappa shape index (κ2) is 10.5. The van der Waals surface area contributed by atoms with Gasteiger partial charge in [0.05, 0.1) is 41.9 Å². The van der Waals surface area contributed by atoms with Crippen LogP contribution in [0.15, 0.2) is 18.5 Å². The molecule has 2 amide bonds. The van der Waals surface area contributed by atoms with E-state index in [0.717, 1.165) is 6.92 Å². The van der Waals surface area contributed by atoms with Crippen molar-refractivity contribution in [3.05, 3.63) is 29.7 Å². The average Bonchev–Trinajstić information content (AvgIpc) is 3.54. The molecule has 2 heterocycles. The fraction of sp³-hybridized carbons (Fsp3) is 0.667. The predicted molar refractivity (Wildman–Crippen MR) is 120 cm³/mol. The van der Waals surface area contributed by atoms with Crippen LogP contribution in [0.3, 0.4) is 0 Å². The lowest BCUT2D eigenvalue weighted by Crippen LogP contribution is -2.38. The van der Waals surface area contributed by atoms with E-state index in [4.69, 9.17) is 0 Å². The Bertz CT molecular complexity index is 1200. The van der Waals surface area contributed by atoms with E-state index in [9.17, 15) is 44.7 Å². The summed E-state index contributed by atoms with van der Waals surface area (Å²) in [5.74, 6) is -9.78. The number of carbonyl (C=O) groups excluding carboxylic acids is 2. The number of rotatable bonds is 8. The summed E-state index contributed by atoms with van der Waals surface area (Å²) in [5.41, 5.74) is 0.882. The first-order chi connectivity index (χ1) is 18.0. The van der Waals surface area contributed by atoms with E-state index < -0.39 is 79.1 Å². The van der Waals surface area contributed by atoms with Gasteiger partial charge in [-0.1, -0.05) is 6.92 Å². The van der Waals surface area contributed by atoms with Crippen LogP contribution in [0, 0.1) is 23.7 Å². The zero-order valence-corrected chi connectivity index (χ0v) is 20.8. The van der Waals surface area contributed by atoms with Gasteiger partial charge in [-0.3, -0.25) is 9.59 Å². The van der Waals surface area contributed by atoms with Crippen molar-refractivity contribution in [2.45, 2.75) is 76.3 Å². The molecule has 0 spiro atoms. The van der Waals surface area contributed by atoms with Crippen molar-refractivity contribution in [3.63, 3.8) is 0 Å². The van der Waals surface area contributed by atoms with Crippen LogP contribution in [0.5, 0.6) is 0 Å². The summed E-state index contributed by atoms with van der Waals surface area (Å²) in [6.45, 7) is 0.766. The van der Waals surface area contributed by atoms with Crippen molar-refractivity contribution in [1.29, 1.82) is 0 Å². The Morgan fingerprint density at radius 3 is 2.41 bits per heavy atom. The van der Waals surface area contributed by atoms with Gasteiger partial charge >= 0.3 is 12.4 Å². The van der Waals surface area contributed by atoms with Gasteiger partial charge in [-0.05, 0) is 36.8 Å². The van der Waals surface area contributed by atoms with Gasteiger partial charge in [0.1, 0.15) is 0 Å². The van der Waals surface area contributed by atoms with Gasteiger partial charge in [-0.25, -0.2) is 18.3 Å². The number of halogens is 8. The minimum atomic E-state index is -4.51. The molecule has 0 aromatic carbocycles. The lowest BCUT2D eigenvalue weighted by Gasteiger charge is -2.33. The smallest absolute Gasteiger partial charge is 0.352 e. The summed E-state index contributed by atoms with van der Waals surface area (Å²) >= 11 is 0. The first kappa shape index (κ1) is 29.0. The van der Waals surface area contributed by atoms with Crippen molar-refractivity contribution in [3.8, 4) is 0 Å². The fourth-order valence-corrected chi connectivity index (χ4v) is 4.78. The van der Waals surface area contributed by atoms with Crippen LogP contribution in [0.2, 0.25) is 0 Å². The van der Waals surface area contributed by atoms with E-state index in [1.165, 1.54) is 23.0 Å². The number of nitrogens with zero attached hydrogens (tertiary/aromatic N) is 3. The highest BCUT2D eigenvalue weighted by Crippen LogP contribution is 2.50. The summed E-state index contributed by atoms with van der Waals surface area (Å²) in [6, 6.07) is 0.579. The lowest BCUT2D eigenvalue weighted by atomic mass is 9.81. The zero-order valence-electron chi connectivity index (χ0n) is 20.8. The van der Waals surface area contributed by atoms with Crippen LogP contribution in [0.25, 0.3) is 5.65 Å². The maximum Gasteiger partial charge on any atom is 0.392 e. The molecule has 0 radical (unpaired) electrons. The van der Waals surface area contributed by atoms with Gasteiger partial charge in [0.2, 0.25) is 17.7 Å². The van der Waals surface area contributed by atoms with E-state index in [2.05, 4.69) is 20.7 Å². The molecule has 2 aliphatic carbocycles. The number of carbonyl (C=O) groups is 2. The Morgan fingerprint density at radius 1 is 1.15 bits per heavy atom. The molecule has 0 unspecified atom stereocenters. The molecule has 2 aliphatic rings. The highest BCUT2D eigenvalue weighted by atomic mass is 19.4. The molecule has 15 heteroatoms. The first-order valence-corrected chi connectivity index (χ1v) is 12.5. The molecular weight excluding hydrogens is 542 g/mol. The SMILES string of the molecule is C[C@@H](CC(=O)NCc1cnn2cc([C@@H](NC(=O)[C@@H]3C[C@H]3C(F)(F)F)C3CCC(F)(F)CC3)nc2c1)C(F)(F)F. The summed E-state index contributed by atoms with van der Waals surface area (Å²) in [7, 11) is 0. The molecule has 2 aromatic rings. The third-order valence-corrected chi connectivity index (χ3v) is 7.33. The standard InChI is InChI=1S/C24H27F8N5O2/c1-12(23(27,28)29)6-19(38)33-9-13-7-18-35-17(11-37(18)34-10-13)20(14-2-4-22(25,26)5-3-14)36-21(39)15-8-16(15)24(30,31)32/h7,10-12,14-16,20H,2-6,8-9H2,1H3,(H,33,38)(H,36,39)/t12-,15+,16+,20-/m0/s1. The number of hydrogen-bond donors (Lipinski definition) is 2. The largest absolute Gasteiger partial charge is 0.392 e. The van der Waals surface area contributed by atoms with Gasteiger partial charge in [0, 0.05) is 25.8 Å². The van der Waals surface area contributed by atoms with Gasteiger partial charge in [-0.15, -0.1) is 0 Å². The molecule has 0 bridgehead atoms. The molecule has 4 atom stereocenters. The Labute approximate surface area is 217 Å². The minimum absolute atomic E-state index is 0.0280. The van der Waals surface area contributed by atoms with Crippen LogP contribution >= 0.6 is 0 Å². The predicted octanol–water partition coefficient (Wildman–Crippen LogP) is 5.12. The Kier molecular flexibility index (Phi) is 7.83. The monoisotopic (exact) mass is 569 g/mol. The van der Waals surface area contributed by atoms with Crippen LogP contribution in [0.4, 0.5) is 35.1 Å². The molecule has 7 nitrogen and oxygen atoms in total. The molecule has 2 saturated carbocycles. The third-order valence-electron chi connectivity index (χ3n) is 7.33. The number of nitrogens with one attached hydrogen (secondary N) is 2. The number of fused-ring (bicyclic) bond motifs is 1. The number of aromatic nitrogens is 3. The number of alkyl halides is 8. The van der Waals surface area contributed by atoms with Gasteiger partial charge < -0.3 is 10.6 Å². The molecule has 216 valence electrons. The van der Waals surface area contributed by atoms with Crippen molar-refractivity contribution in [2.75, 3.05) is 0 Å². The number of imidazole rings is 1. The molecule has 2 aromatic heterocycles. The highest BCUT2D eigenvalue weighted by molar-refractivity contribution is 5.82. The summed E-state index contributed by atoms with van der Waals surface area (Å²) < 4.78 is 106. The Morgan fingerprint density at radius 2 is 1.82 bits per heavy atom. The number of hydrogen-bond acceptors (Lipinski definition) is 4. The van der Waals surface area contributed by atoms with Crippen LogP contribution in [-0.2, 0) is 16.1 Å². The quantitative estimate of drug-likeness (QED) is 0.433. The van der Waals surface area contributed by atoms with E-state index in [1.807, 2.05) is 0 Å². The molecule has 2 N–H and O–H groups in total. The van der Waals surface area contributed by atoms with Gasteiger partial charge in [-0.2, -0.15) is 31.4 Å². The van der Waals surface area contributed by atoms with Crippen molar-refractivity contribution in [1.82, 2.24) is 25.2 Å². The van der Waals surface area contributed by atoms with E-state index in [0.29, 0.717) is 5.56 Å². The summed E-state index contributed by atoms with van der Waals surface area (Å²) in [4.78, 5) is 28.9. The maximum absolute atomic E-state index is 13.8. The van der Waals surface area contributed by atoms with E-state index in [1.54, 1.807) is 0 Å². The Hall–Kier alpha value is -3.00. The van der Waals surface area contributed by atoms with Crippen LogP contribution in [-0.4, -0.2) is 44.7 Å². The lowest BCUT2D eigenvalue weighted by molar-refractivity contribution is -0.174. The normalized spacial score (nSPS) is 23.3. The average molecular weight is 569 g/mol. The first-order valence-electron chi connectivity index (χ1n) is 12.5. The number of amides is 2. The molecule has 0 saturated heterocycles. The minimum Gasteiger partial charge on any atom is -0.352 e. The van der Waals surface area contributed by atoms with Crippen molar-refractivity contribution in [2.24, 2.45) is 23.7 Å². The zero-order chi connectivity index (χ0) is 28.8. The second-order valence-corrected chi connectivity index (χ2v) is 10.4. The maximum atomic E-state index is 13.8. The summed E-state index contributed by atoms with van der Waals surface area (Å²) in [6.07, 6.45) is -8.11. The van der Waals surface area contributed by atoms with Crippen molar-refractivity contribution < 1.29 is 44.7 Å². The topological polar surface area (TPSA) is 88.4 Å². The van der Waals surface area contributed by atoms with Crippen molar-refractivity contribution >= 4 is 17.5 Å². The van der Waals surface area contributed by atoms with E-state index >= 15 is 0 Å². The molecule has 4 rings (SSSR count). The van der Waals surface area contributed by atoms with Crippen LogP contribution < -0.4 is 10.6 Å². The van der Waals surface area contributed by atoms with E-state index in [-0.39, 0.29) is 37.1 Å². The third kappa shape index (κ3) is 7.15. The van der Waals surface area contributed by atoms with Gasteiger partial charge in [0.25, 0.3) is 0 Å². The molecule has 39 heavy (non-hydrogen) atoms. The van der Waals surface area contributed by atoms with Crippen LogP contribution in [0.1, 0.15) is 62.7 Å². The molecule has 0 aliphatic heterocycles. The molecule has 2 fully saturated rings. The highest BCUT2D eigenvalue weighted by Gasteiger charge is 2.59. The van der Waals surface area contributed by atoms with Gasteiger partial charge in [0.15, 0.2) is 5.65 Å². The second-order valence-electron chi connectivity index (χ2n) is 10.4. The summed E-state index contributed by atoms with van der Waals surface area (Å²) in [5, 5.41) is 9.13.